The molecule has 2 rings (SSSR count). The van der Waals surface area contributed by atoms with Crippen LogP contribution >= 0.6 is 0 Å². The molecule has 1 aromatic rings. The summed E-state index contributed by atoms with van der Waals surface area (Å²) in [4.78, 5) is 16.7. The van der Waals surface area contributed by atoms with Crippen molar-refractivity contribution in [3.8, 4) is 0 Å². The zero-order valence-electron chi connectivity index (χ0n) is 12.7. The highest BCUT2D eigenvalue weighted by Gasteiger charge is 2.29. The predicted molar refractivity (Wildman–Crippen MR) is 80.4 cm³/mol. The van der Waals surface area contributed by atoms with Crippen LogP contribution in [0.15, 0.2) is 12.1 Å². The summed E-state index contributed by atoms with van der Waals surface area (Å²) in [7, 11) is 0. The minimum atomic E-state index is -0.135. The van der Waals surface area contributed by atoms with Crippen molar-refractivity contribution in [1.29, 1.82) is 0 Å². The van der Waals surface area contributed by atoms with Gasteiger partial charge in [0.25, 0.3) is 5.91 Å². The Labute approximate surface area is 120 Å². The van der Waals surface area contributed by atoms with Gasteiger partial charge in [-0.2, -0.15) is 0 Å². The van der Waals surface area contributed by atoms with Crippen LogP contribution in [0.5, 0.6) is 0 Å². The normalized spacial score (nSPS) is 16.6. The number of anilines is 1. The Morgan fingerprint density at radius 1 is 1.40 bits per heavy atom. The number of hydrogen-bond donors (Lipinski definition) is 3. The van der Waals surface area contributed by atoms with Crippen molar-refractivity contribution >= 4 is 11.7 Å². The van der Waals surface area contributed by atoms with E-state index >= 15 is 0 Å². The van der Waals surface area contributed by atoms with Crippen LogP contribution in [0.2, 0.25) is 0 Å². The molecule has 0 aliphatic heterocycles. The number of nitrogens with two attached hydrogens (primary N) is 1. The molecule has 1 fully saturated rings. The average Bonchev–Trinajstić information content (AvgIpc) is 3.21. The average molecular weight is 276 g/mol. The van der Waals surface area contributed by atoms with E-state index in [1.807, 2.05) is 6.07 Å². The molecule has 1 atom stereocenters. The molecule has 1 aliphatic carbocycles. The molecule has 0 spiro atoms. The molecule has 0 radical (unpaired) electrons. The van der Waals surface area contributed by atoms with E-state index in [2.05, 4.69) is 43.4 Å². The van der Waals surface area contributed by atoms with Crippen molar-refractivity contribution in [2.45, 2.75) is 52.0 Å². The number of hydrogen-bond acceptors (Lipinski definition) is 4. The summed E-state index contributed by atoms with van der Waals surface area (Å²) in [5.74, 6) is 6.53. The predicted octanol–water partition coefficient (Wildman–Crippen LogP) is 2.19. The van der Waals surface area contributed by atoms with E-state index in [1.165, 1.54) is 12.8 Å². The third-order valence-electron chi connectivity index (χ3n) is 3.69. The zero-order chi connectivity index (χ0) is 14.9. The van der Waals surface area contributed by atoms with Crippen molar-refractivity contribution in [3.63, 3.8) is 0 Å². The molecular weight excluding hydrogens is 252 g/mol. The van der Waals surface area contributed by atoms with Gasteiger partial charge in [0, 0.05) is 22.7 Å². The lowest BCUT2D eigenvalue weighted by Gasteiger charge is -2.20. The van der Waals surface area contributed by atoms with Gasteiger partial charge in [-0.25, -0.2) is 10.8 Å². The molecule has 0 aromatic carbocycles. The zero-order valence-corrected chi connectivity index (χ0v) is 12.7. The molecule has 0 bridgehead atoms. The second-order valence-electron chi connectivity index (χ2n) is 6.62. The summed E-state index contributed by atoms with van der Waals surface area (Å²) < 4.78 is 0. The molecule has 1 saturated carbocycles. The molecule has 1 amide bonds. The van der Waals surface area contributed by atoms with Crippen LogP contribution in [0.3, 0.4) is 0 Å². The van der Waals surface area contributed by atoms with Crippen LogP contribution in [0.1, 0.15) is 56.6 Å². The van der Waals surface area contributed by atoms with Crippen molar-refractivity contribution in [2.75, 3.05) is 5.43 Å². The number of carbonyl (C=O) groups is 1. The van der Waals surface area contributed by atoms with Gasteiger partial charge in [0.2, 0.25) is 0 Å². The summed E-state index contributed by atoms with van der Waals surface area (Å²) in [6.07, 6.45) is 2.42. The lowest BCUT2D eigenvalue weighted by Crippen LogP contribution is -2.34. The molecule has 1 unspecified atom stereocenters. The Kier molecular flexibility index (Phi) is 3.99. The standard InChI is InChI=1S/C15H24N4O/c1-9(10-5-6-10)17-14(20)11-7-12(15(2,3)4)18-13(8-11)19-16/h7-10H,5-6,16H2,1-4H3,(H,17,20)(H,18,19). The van der Waals surface area contributed by atoms with Crippen LogP contribution < -0.4 is 16.6 Å². The molecule has 0 saturated heterocycles. The SMILES string of the molecule is CC(NC(=O)c1cc(NN)nc(C(C)(C)C)c1)C1CC1. The quantitative estimate of drug-likeness (QED) is 0.582. The molecule has 1 aromatic heterocycles. The van der Waals surface area contributed by atoms with Crippen LogP contribution in [0.25, 0.3) is 0 Å². The van der Waals surface area contributed by atoms with Crippen LogP contribution in [-0.2, 0) is 5.41 Å². The molecule has 5 nitrogen and oxygen atoms in total. The first kappa shape index (κ1) is 14.8. The fraction of sp³-hybridized carbons (Fsp3) is 0.600. The van der Waals surface area contributed by atoms with Gasteiger partial charge >= 0.3 is 0 Å². The first-order valence-corrected chi connectivity index (χ1v) is 7.11. The largest absolute Gasteiger partial charge is 0.349 e. The molecule has 110 valence electrons. The number of pyridine rings is 1. The summed E-state index contributed by atoms with van der Waals surface area (Å²) in [6, 6.07) is 3.75. The lowest BCUT2D eigenvalue weighted by molar-refractivity contribution is 0.0935. The highest BCUT2D eigenvalue weighted by atomic mass is 16.1. The molecule has 1 heterocycles. The number of nitrogen functional groups attached to an aromatic ring is 1. The van der Waals surface area contributed by atoms with Gasteiger partial charge < -0.3 is 10.7 Å². The van der Waals surface area contributed by atoms with E-state index in [0.717, 1.165) is 5.69 Å². The maximum atomic E-state index is 12.3. The van der Waals surface area contributed by atoms with Crippen molar-refractivity contribution in [1.82, 2.24) is 10.3 Å². The lowest BCUT2D eigenvalue weighted by atomic mass is 9.90. The van der Waals surface area contributed by atoms with Gasteiger partial charge in [-0.3, -0.25) is 4.79 Å². The van der Waals surface area contributed by atoms with Crippen LogP contribution in [0, 0.1) is 5.92 Å². The maximum Gasteiger partial charge on any atom is 0.251 e. The van der Waals surface area contributed by atoms with E-state index in [0.29, 0.717) is 17.3 Å². The van der Waals surface area contributed by atoms with Crippen molar-refractivity contribution in [3.05, 3.63) is 23.4 Å². The van der Waals surface area contributed by atoms with Crippen LogP contribution in [0.4, 0.5) is 5.82 Å². The summed E-state index contributed by atoms with van der Waals surface area (Å²) >= 11 is 0. The highest BCUT2D eigenvalue weighted by molar-refractivity contribution is 5.95. The summed E-state index contributed by atoms with van der Waals surface area (Å²) in [5, 5.41) is 3.05. The minimum absolute atomic E-state index is 0.0613. The third kappa shape index (κ3) is 3.48. The first-order valence-electron chi connectivity index (χ1n) is 7.11. The molecule has 5 heteroatoms. The van der Waals surface area contributed by atoms with Gasteiger partial charge in [0.15, 0.2) is 0 Å². The number of nitrogens with one attached hydrogen (secondary N) is 2. The Morgan fingerprint density at radius 3 is 2.55 bits per heavy atom. The van der Waals surface area contributed by atoms with Gasteiger partial charge in [-0.05, 0) is 37.8 Å². The number of aromatic nitrogens is 1. The second-order valence-corrected chi connectivity index (χ2v) is 6.62. The highest BCUT2D eigenvalue weighted by Crippen LogP contribution is 2.32. The third-order valence-corrected chi connectivity index (χ3v) is 3.69. The van der Waals surface area contributed by atoms with Gasteiger partial charge in [-0.1, -0.05) is 20.8 Å². The van der Waals surface area contributed by atoms with Gasteiger partial charge in [0.05, 0.1) is 0 Å². The van der Waals surface area contributed by atoms with E-state index in [4.69, 9.17) is 5.84 Å². The smallest absolute Gasteiger partial charge is 0.251 e. The minimum Gasteiger partial charge on any atom is -0.349 e. The summed E-state index contributed by atoms with van der Waals surface area (Å²) in [6.45, 7) is 8.24. The summed E-state index contributed by atoms with van der Waals surface area (Å²) in [5.41, 5.74) is 3.84. The van der Waals surface area contributed by atoms with E-state index < -0.39 is 0 Å². The van der Waals surface area contributed by atoms with E-state index in [1.54, 1.807) is 6.07 Å². The number of hydrazine groups is 1. The number of nitrogens with zero attached hydrogens (tertiary/aromatic N) is 1. The Bertz CT molecular complexity index is 503. The van der Waals surface area contributed by atoms with E-state index in [-0.39, 0.29) is 17.4 Å². The molecule has 1 aliphatic rings. The Morgan fingerprint density at radius 2 is 2.05 bits per heavy atom. The van der Waals surface area contributed by atoms with Crippen molar-refractivity contribution < 1.29 is 4.79 Å². The number of amides is 1. The molecule has 4 N–H and O–H groups in total. The topological polar surface area (TPSA) is 80.0 Å². The maximum absolute atomic E-state index is 12.3. The van der Waals surface area contributed by atoms with Crippen LogP contribution in [-0.4, -0.2) is 16.9 Å². The van der Waals surface area contributed by atoms with Gasteiger partial charge in [0.1, 0.15) is 5.82 Å². The second kappa shape index (κ2) is 5.40. The number of carbonyl (C=O) groups excluding carboxylic acids is 1. The first-order chi connectivity index (χ1) is 9.31. The van der Waals surface area contributed by atoms with Crippen molar-refractivity contribution in [2.24, 2.45) is 11.8 Å². The monoisotopic (exact) mass is 276 g/mol. The fourth-order valence-electron chi connectivity index (χ4n) is 2.12. The Hall–Kier alpha value is -1.62. The van der Waals surface area contributed by atoms with Gasteiger partial charge in [-0.15, -0.1) is 0 Å². The van der Waals surface area contributed by atoms with E-state index in [9.17, 15) is 4.79 Å². The molecule has 20 heavy (non-hydrogen) atoms. The number of rotatable bonds is 4. The molecular formula is C15H24N4O. The fourth-order valence-corrected chi connectivity index (χ4v) is 2.12. The Balaban J connectivity index is 2.23.